The fourth-order valence-corrected chi connectivity index (χ4v) is 17.6. The molecule has 9 aliphatic heterocycles. The van der Waals surface area contributed by atoms with Crippen molar-refractivity contribution in [2.75, 3.05) is 26.2 Å². The van der Waals surface area contributed by atoms with Crippen molar-refractivity contribution < 1.29 is 24.2 Å². The van der Waals surface area contributed by atoms with Gasteiger partial charge in [-0.25, -0.2) is 4.79 Å². The predicted octanol–water partition coefficient (Wildman–Crippen LogP) is 9.24. The first-order valence-electron chi connectivity index (χ1n) is 25.2. The quantitative estimate of drug-likeness (QED) is 0.227. The van der Waals surface area contributed by atoms with Crippen molar-refractivity contribution in [1.29, 1.82) is 0 Å². The first kappa shape index (κ1) is 39.2. The number of nitrogens with zero attached hydrogens (tertiary/aromatic N) is 2. The summed E-state index contributed by atoms with van der Waals surface area (Å²) in [5.41, 5.74) is 14.0. The van der Waals surface area contributed by atoms with Crippen molar-refractivity contribution in [2.24, 2.45) is 58.0 Å². The van der Waals surface area contributed by atoms with Crippen LogP contribution in [-0.2, 0) is 39.1 Å². The number of esters is 2. The number of hydrogen-bond donors (Lipinski definition) is 2. The average Bonchev–Trinajstić information content (AvgIpc) is 3.73. The summed E-state index contributed by atoms with van der Waals surface area (Å²) in [7, 11) is 0. The first-order chi connectivity index (χ1) is 30.7. The molecule has 8 heteroatoms. The number of hydrogen-bond acceptors (Lipinski definition) is 8. The second-order valence-corrected chi connectivity index (χ2v) is 22.1. The van der Waals surface area contributed by atoms with Crippen LogP contribution in [0.5, 0.6) is 0 Å². The van der Waals surface area contributed by atoms with Gasteiger partial charge in [0.05, 0.1) is 17.0 Å². The summed E-state index contributed by atoms with van der Waals surface area (Å²) < 4.78 is 14.2. The highest BCUT2D eigenvalue weighted by molar-refractivity contribution is 6.00. The molecule has 3 N–H and O–H groups in total. The molecule has 15 bridgehead atoms. The zero-order valence-electron chi connectivity index (χ0n) is 37.4. The minimum Gasteiger partial charge on any atom is -0.509 e. The Morgan fingerprint density at radius 3 is 2.71 bits per heavy atom. The van der Waals surface area contributed by atoms with Gasteiger partial charge in [0.25, 0.3) is 0 Å². The van der Waals surface area contributed by atoms with Crippen LogP contribution in [0.3, 0.4) is 0 Å². The van der Waals surface area contributed by atoms with Crippen LogP contribution < -0.4 is 5.73 Å². The van der Waals surface area contributed by atoms with Crippen LogP contribution in [0, 0.1) is 52.3 Å². The number of ether oxygens (including phenoxy) is 2. The molecule has 8 nitrogen and oxygen atoms in total. The van der Waals surface area contributed by atoms with Crippen LogP contribution in [0.1, 0.15) is 124 Å². The second-order valence-electron chi connectivity index (χ2n) is 22.1. The monoisotopic (exact) mass is 847 g/mol. The molecule has 13 unspecified atom stereocenters. The Kier molecular flexibility index (Phi) is 8.68. The van der Waals surface area contributed by atoms with Gasteiger partial charge >= 0.3 is 11.9 Å². The zero-order chi connectivity index (χ0) is 42.6. The lowest BCUT2D eigenvalue weighted by Crippen LogP contribution is -2.77. The number of allylic oxidation sites excluding steroid dienone is 3. The van der Waals surface area contributed by atoms with Gasteiger partial charge < -0.3 is 25.2 Å². The molecule has 0 aromatic heterocycles. The number of benzene rings is 2. The maximum atomic E-state index is 16.1. The standard InChI is InChI=1S/C55H65N3O5/c1-3-9-39-27-44(59)50-53-20-19-40-42-26-37(46-31(2)22-36-17-18-43-38-25-34(28-57(39)30-38)29-58(43)49(36)48(40)46)24-33-12-6-11-32(23-33)10-4-5-16-45(54(42,53)52(61)62-50)55(53)41-15-7-13-35(14-8-21-56)47(41)51(60)63-55/h6-7,11-13,15,17-18,23,31,34,37-39,43,45-46,48,59H,3-5,8-10,14,16,19-22,24-30,56H2,1-2H3. The smallest absolute Gasteiger partial charge is 0.339 e. The van der Waals surface area contributed by atoms with Gasteiger partial charge in [-0.1, -0.05) is 92.5 Å². The maximum absolute atomic E-state index is 16.1. The van der Waals surface area contributed by atoms with E-state index in [0.717, 1.165) is 101 Å². The molecular formula is C55H65N3O5. The van der Waals surface area contributed by atoms with Crippen LogP contribution in [0.4, 0.5) is 0 Å². The Morgan fingerprint density at radius 2 is 1.84 bits per heavy atom. The van der Waals surface area contributed by atoms with Crippen molar-refractivity contribution in [2.45, 2.75) is 128 Å². The largest absolute Gasteiger partial charge is 0.509 e. The summed E-state index contributed by atoms with van der Waals surface area (Å²) in [6, 6.07) is 16.2. The molecule has 330 valence electrons. The van der Waals surface area contributed by atoms with Gasteiger partial charge in [-0.3, -0.25) is 9.69 Å². The van der Waals surface area contributed by atoms with E-state index in [4.69, 9.17) is 15.2 Å². The number of nitrogens with two attached hydrogens (primary N) is 1. The average molecular weight is 848 g/mol. The van der Waals surface area contributed by atoms with Crippen molar-refractivity contribution in [3.8, 4) is 0 Å². The zero-order valence-corrected chi connectivity index (χ0v) is 37.4. The number of aryl methyl sites for hydroxylation is 2. The third-order valence-corrected chi connectivity index (χ3v) is 19.3. The number of rotatable bonds is 5. The summed E-state index contributed by atoms with van der Waals surface area (Å²) in [4.78, 5) is 36.6. The van der Waals surface area contributed by atoms with Crippen molar-refractivity contribution in [1.82, 2.24) is 9.80 Å². The van der Waals surface area contributed by atoms with Crippen LogP contribution in [0.15, 0.2) is 88.6 Å². The van der Waals surface area contributed by atoms with E-state index in [1.807, 2.05) is 0 Å². The van der Waals surface area contributed by atoms with Crippen LogP contribution in [0.2, 0.25) is 0 Å². The number of carbonyl (C=O) groups is 2. The Labute approximate surface area is 373 Å². The molecule has 63 heavy (non-hydrogen) atoms. The molecule has 3 spiro atoms. The molecule has 0 amide bonds. The fourth-order valence-electron chi connectivity index (χ4n) is 17.6. The summed E-state index contributed by atoms with van der Waals surface area (Å²) in [6.45, 7) is 8.41. The topological polar surface area (TPSA) is 105 Å². The fraction of sp³-hybridized carbons (Fsp3) is 0.600. The molecule has 1 saturated carbocycles. The Balaban J connectivity index is 1.12. The number of aliphatic hydroxyl groups is 1. The normalized spacial score (nSPS) is 41.3. The van der Waals surface area contributed by atoms with Crippen molar-refractivity contribution in [3.63, 3.8) is 0 Å². The SMILES string of the molecule is CCCC1CC(O)=C2OC(=O)C34C5=C6CCC23C2(OC(=O)c3c(CCCN)cccc32)C4CCCCc2cccc(c2)CC(C5)C2C(C)CC3=C(C62)N2CC4CC(CN1C4)C2C=C3. The van der Waals surface area contributed by atoms with Crippen molar-refractivity contribution in [3.05, 3.63) is 116 Å². The second kappa shape index (κ2) is 13.9. The number of carbonyl (C=O) groups excluding carboxylic acids is 2. The van der Waals surface area contributed by atoms with Gasteiger partial charge in [-0.15, -0.1) is 0 Å². The Morgan fingerprint density at radius 1 is 0.968 bits per heavy atom. The highest BCUT2D eigenvalue weighted by Crippen LogP contribution is 2.87. The lowest BCUT2D eigenvalue weighted by atomic mass is 9.28. The molecule has 0 radical (unpaired) electrons. The van der Waals surface area contributed by atoms with E-state index < -0.39 is 16.4 Å². The van der Waals surface area contributed by atoms with E-state index in [2.05, 4.69) is 78.3 Å². The highest BCUT2D eigenvalue weighted by Gasteiger charge is 2.93. The van der Waals surface area contributed by atoms with E-state index in [1.54, 1.807) is 5.70 Å². The van der Waals surface area contributed by atoms with Crippen LogP contribution in [0.25, 0.3) is 0 Å². The van der Waals surface area contributed by atoms with Gasteiger partial charge in [0.15, 0.2) is 11.4 Å². The Bertz CT molecular complexity index is 2460. The lowest BCUT2D eigenvalue weighted by Gasteiger charge is -2.72. The third kappa shape index (κ3) is 4.90. The van der Waals surface area contributed by atoms with E-state index in [-0.39, 0.29) is 35.6 Å². The number of fused-ring (bicyclic) bond motifs is 7. The Hall–Kier alpha value is -4.14. The minimum absolute atomic E-state index is 0.114. The van der Waals surface area contributed by atoms with E-state index in [1.165, 1.54) is 34.3 Å². The molecule has 13 atom stereocenters. The molecule has 4 fully saturated rings. The maximum Gasteiger partial charge on any atom is 0.339 e. The van der Waals surface area contributed by atoms with Gasteiger partial charge in [0.1, 0.15) is 11.2 Å². The lowest BCUT2D eigenvalue weighted by molar-refractivity contribution is -0.279. The number of aliphatic hydroxyl groups excluding tert-OH is 1. The third-order valence-electron chi connectivity index (χ3n) is 19.3. The van der Waals surface area contributed by atoms with Gasteiger partial charge in [0, 0.05) is 55.2 Å². The van der Waals surface area contributed by atoms with Gasteiger partial charge in [-0.05, 0) is 135 Å². The molecule has 2 aromatic carbocycles. The number of piperidine rings is 2. The summed E-state index contributed by atoms with van der Waals surface area (Å²) in [5, 5.41) is 13.1. The summed E-state index contributed by atoms with van der Waals surface area (Å²) in [6.07, 6.45) is 18.1. The molecular weight excluding hydrogens is 783 g/mol. The predicted molar refractivity (Wildman–Crippen MR) is 241 cm³/mol. The van der Waals surface area contributed by atoms with E-state index >= 15 is 4.79 Å². The van der Waals surface area contributed by atoms with E-state index in [0.29, 0.717) is 72.8 Å². The highest BCUT2D eigenvalue weighted by atomic mass is 16.6. The van der Waals surface area contributed by atoms with Crippen LogP contribution in [-0.4, -0.2) is 65.1 Å². The molecule has 9 heterocycles. The first-order valence-corrected chi connectivity index (χ1v) is 25.2. The molecule has 14 aliphatic rings. The van der Waals surface area contributed by atoms with Gasteiger partial charge in [-0.2, -0.15) is 0 Å². The molecule has 3 saturated heterocycles. The van der Waals surface area contributed by atoms with Crippen LogP contribution >= 0.6 is 0 Å². The van der Waals surface area contributed by atoms with E-state index in [9.17, 15) is 9.90 Å². The van der Waals surface area contributed by atoms with Crippen molar-refractivity contribution >= 4 is 11.9 Å². The summed E-state index contributed by atoms with van der Waals surface area (Å²) >= 11 is 0. The molecule has 2 aromatic rings. The van der Waals surface area contributed by atoms with Gasteiger partial charge in [0.2, 0.25) is 0 Å². The summed E-state index contributed by atoms with van der Waals surface area (Å²) in [5.74, 6) is 2.35. The molecule has 5 aliphatic carbocycles. The minimum atomic E-state index is -1.14. The molecule has 16 rings (SSSR count).